The second-order valence-electron chi connectivity index (χ2n) is 6.96. The van der Waals surface area contributed by atoms with E-state index < -0.39 is 0 Å². The SMILES string of the molecule is CC.CCCN(CCC)C(/C=C/OCCNC)=C/C(=N)/C=N/Nc1ccc(C)c(C)c1. The summed E-state index contributed by atoms with van der Waals surface area (Å²) < 4.78 is 5.53. The van der Waals surface area contributed by atoms with E-state index in [2.05, 4.69) is 54.5 Å². The molecule has 0 atom stereocenters. The third-order valence-corrected chi connectivity index (χ3v) is 4.36. The summed E-state index contributed by atoms with van der Waals surface area (Å²) in [6.45, 7) is 15.8. The van der Waals surface area contributed by atoms with Crippen molar-refractivity contribution in [3.05, 3.63) is 53.4 Å². The van der Waals surface area contributed by atoms with Gasteiger partial charge in [0, 0.05) is 25.3 Å². The molecule has 0 aliphatic carbocycles. The average Bonchev–Trinajstić information content (AvgIpc) is 2.76. The van der Waals surface area contributed by atoms with Gasteiger partial charge in [-0.15, -0.1) is 0 Å². The van der Waals surface area contributed by atoms with Crippen LogP contribution in [0.3, 0.4) is 0 Å². The van der Waals surface area contributed by atoms with E-state index in [1.807, 2.05) is 45.2 Å². The summed E-state index contributed by atoms with van der Waals surface area (Å²) in [7, 11) is 1.90. The van der Waals surface area contributed by atoms with Crippen molar-refractivity contribution >= 4 is 17.6 Å². The molecular weight excluding hydrogens is 386 g/mol. The molecule has 31 heavy (non-hydrogen) atoms. The zero-order valence-corrected chi connectivity index (χ0v) is 20.6. The van der Waals surface area contributed by atoms with Crippen molar-refractivity contribution in [1.82, 2.24) is 10.2 Å². The van der Waals surface area contributed by atoms with Gasteiger partial charge in [-0.2, -0.15) is 5.10 Å². The van der Waals surface area contributed by atoms with Crippen LogP contribution in [-0.4, -0.2) is 50.1 Å². The highest BCUT2D eigenvalue weighted by Gasteiger charge is 2.06. The molecule has 1 aromatic rings. The minimum atomic E-state index is 0.327. The maximum Gasteiger partial charge on any atom is 0.0997 e. The molecule has 174 valence electrons. The second-order valence-corrected chi connectivity index (χ2v) is 6.96. The minimum absolute atomic E-state index is 0.327. The van der Waals surface area contributed by atoms with Crippen LogP contribution in [0.2, 0.25) is 0 Å². The molecule has 0 fully saturated rings. The Morgan fingerprint density at radius 1 is 1.13 bits per heavy atom. The molecule has 0 aliphatic heterocycles. The van der Waals surface area contributed by atoms with Gasteiger partial charge in [0.25, 0.3) is 0 Å². The van der Waals surface area contributed by atoms with E-state index in [0.717, 1.165) is 43.9 Å². The lowest BCUT2D eigenvalue weighted by Crippen LogP contribution is -2.25. The van der Waals surface area contributed by atoms with Crippen molar-refractivity contribution in [3.63, 3.8) is 0 Å². The molecule has 0 aromatic heterocycles. The van der Waals surface area contributed by atoms with Gasteiger partial charge in [-0.25, -0.2) is 0 Å². The summed E-state index contributed by atoms with van der Waals surface area (Å²) in [5, 5.41) is 15.6. The van der Waals surface area contributed by atoms with Crippen molar-refractivity contribution in [2.24, 2.45) is 5.10 Å². The van der Waals surface area contributed by atoms with Gasteiger partial charge in [-0.1, -0.05) is 33.8 Å². The highest BCUT2D eigenvalue weighted by atomic mass is 16.5. The van der Waals surface area contributed by atoms with Gasteiger partial charge in [-0.05, 0) is 69.1 Å². The van der Waals surface area contributed by atoms with Crippen LogP contribution in [0, 0.1) is 19.3 Å². The number of hydrogen-bond acceptors (Lipinski definition) is 6. The van der Waals surface area contributed by atoms with Crippen LogP contribution in [0.15, 0.2) is 47.4 Å². The number of likely N-dealkylation sites (N-methyl/N-ethyl adjacent to an activating group) is 1. The summed E-state index contributed by atoms with van der Waals surface area (Å²) in [5.41, 5.74) is 7.65. The molecule has 1 aromatic carbocycles. The molecule has 0 radical (unpaired) electrons. The Labute approximate surface area is 190 Å². The number of hydrogen-bond donors (Lipinski definition) is 3. The molecule has 0 amide bonds. The summed E-state index contributed by atoms with van der Waals surface area (Å²) in [5.74, 6) is 0. The minimum Gasteiger partial charge on any atom is -0.500 e. The lowest BCUT2D eigenvalue weighted by Gasteiger charge is -2.24. The van der Waals surface area contributed by atoms with Gasteiger partial charge < -0.3 is 15.0 Å². The summed E-state index contributed by atoms with van der Waals surface area (Å²) in [6, 6.07) is 6.09. The Morgan fingerprint density at radius 3 is 2.39 bits per heavy atom. The molecule has 6 heteroatoms. The number of rotatable bonds is 14. The molecule has 0 heterocycles. The van der Waals surface area contributed by atoms with Crippen molar-refractivity contribution < 1.29 is 4.74 Å². The number of nitrogens with zero attached hydrogens (tertiary/aromatic N) is 2. The number of nitrogens with one attached hydrogen (secondary N) is 3. The van der Waals surface area contributed by atoms with Crippen LogP contribution in [0.1, 0.15) is 51.7 Å². The van der Waals surface area contributed by atoms with Gasteiger partial charge in [0.1, 0.15) is 0 Å². The van der Waals surface area contributed by atoms with E-state index >= 15 is 0 Å². The smallest absolute Gasteiger partial charge is 0.0997 e. The standard InChI is InChI=1S/C23H37N5O.C2H6/c1-6-12-28(13-7-2)23(10-14-29-15-11-25-5)17-21(24)18-26-27-22-9-8-19(3)20(4)16-22;1-2/h8-10,14,16-18,24-25,27H,6-7,11-13,15H2,1-5H3;1-2H3/b14-10+,23-17+,24-21?,26-18+;. The first-order chi connectivity index (χ1) is 15.0. The molecule has 0 bridgehead atoms. The zero-order valence-electron chi connectivity index (χ0n) is 20.6. The maximum absolute atomic E-state index is 8.29. The van der Waals surface area contributed by atoms with Gasteiger partial charge in [0.15, 0.2) is 0 Å². The Balaban J connectivity index is 0.00000436. The van der Waals surface area contributed by atoms with Gasteiger partial charge in [-0.3, -0.25) is 10.8 Å². The van der Waals surface area contributed by atoms with Crippen molar-refractivity contribution in [1.29, 1.82) is 5.41 Å². The zero-order chi connectivity index (χ0) is 23.5. The van der Waals surface area contributed by atoms with E-state index in [0.29, 0.717) is 12.3 Å². The molecule has 0 aliphatic rings. The van der Waals surface area contributed by atoms with Crippen molar-refractivity contribution in [2.75, 3.05) is 38.7 Å². The molecule has 3 N–H and O–H groups in total. The molecule has 1 rings (SSSR count). The Kier molecular flexibility index (Phi) is 16.7. The molecule has 6 nitrogen and oxygen atoms in total. The van der Waals surface area contributed by atoms with Crippen LogP contribution in [0.4, 0.5) is 5.69 Å². The number of benzene rings is 1. The normalized spacial score (nSPS) is 11.4. The van der Waals surface area contributed by atoms with Crippen LogP contribution >= 0.6 is 0 Å². The number of ether oxygens (including phenoxy) is 1. The Hall–Kier alpha value is -2.60. The number of aryl methyl sites for hydroxylation is 2. The number of anilines is 1. The average molecular weight is 430 g/mol. The van der Waals surface area contributed by atoms with E-state index in [4.69, 9.17) is 10.1 Å². The number of allylic oxidation sites excluding steroid dienone is 2. The van der Waals surface area contributed by atoms with Crippen molar-refractivity contribution in [3.8, 4) is 0 Å². The third-order valence-electron chi connectivity index (χ3n) is 4.36. The second kappa shape index (κ2) is 18.2. The first-order valence-electron chi connectivity index (χ1n) is 11.4. The van der Waals surface area contributed by atoms with E-state index in [1.165, 1.54) is 17.3 Å². The monoisotopic (exact) mass is 429 g/mol. The van der Waals surface area contributed by atoms with Crippen LogP contribution < -0.4 is 10.7 Å². The fraction of sp³-hybridized carbons (Fsp3) is 0.520. The molecule has 0 saturated carbocycles. The highest BCUT2D eigenvalue weighted by molar-refractivity contribution is 6.34. The largest absolute Gasteiger partial charge is 0.500 e. The summed E-state index contributed by atoms with van der Waals surface area (Å²) >= 11 is 0. The lowest BCUT2D eigenvalue weighted by atomic mass is 10.1. The first kappa shape index (κ1) is 28.4. The molecule has 0 spiro atoms. The molecule has 0 unspecified atom stereocenters. The Morgan fingerprint density at radius 2 is 1.81 bits per heavy atom. The first-order valence-corrected chi connectivity index (χ1v) is 11.4. The summed E-state index contributed by atoms with van der Waals surface area (Å²) in [4.78, 5) is 2.27. The van der Waals surface area contributed by atoms with Gasteiger partial charge in [0.2, 0.25) is 0 Å². The third kappa shape index (κ3) is 12.6. The fourth-order valence-electron chi connectivity index (χ4n) is 2.69. The lowest BCUT2D eigenvalue weighted by molar-refractivity contribution is 0.250. The molecular formula is C25H43N5O. The maximum atomic E-state index is 8.29. The number of hydrazone groups is 1. The van der Waals surface area contributed by atoms with Crippen molar-refractivity contribution in [2.45, 2.75) is 54.4 Å². The summed E-state index contributed by atoms with van der Waals surface area (Å²) in [6.07, 6.45) is 9.08. The van der Waals surface area contributed by atoms with Crippen LogP contribution in [0.5, 0.6) is 0 Å². The topological polar surface area (TPSA) is 72.7 Å². The van der Waals surface area contributed by atoms with Gasteiger partial charge >= 0.3 is 0 Å². The van der Waals surface area contributed by atoms with Crippen LogP contribution in [-0.2, 0) is 4.74 Å². The predicted octanol–water partition coefficient (Wildman–Crippen LogP) is 5.50. The molecule has 0 saturated heterocycles. The van der Waals surface area contributed by atoms with Gasteiger partial charge in [0.05, 0.1) is 30.5 Å². The Bertz CT molecular complexity index is 704. The van der Waals surface area contributed by atoms with Crippen LogP contribution in [0.25, 0.3) is 0 Å². The van der Waals surface area contributed by atoms with E-state index in [9.17, 15) is 0 Å². The predicted molar refractivity (Wildman–Crippen MR) is 136 cm³/mol. The van der Waals surface area contributed by atoms with E-state index in [1.54, 1.807) is 6.26 Å². The van der Waals surface area contributed by atoms with E-state index in [-0.39, 0.29) is 0 Å². The highest BCUT2D eigenvalue weighted by Crippen LogP contribution is 2.14. The quantitative estimate of drug-likeness (QED) is 0.120. The fourth-order valence-corrected chi connectivity index (χ4v) is 2.69.